The fourth-order valence-corrected chi connectivity index (χ4v) is 1.26. The summed E-state index contributed by atoms with van der Waals surface area (Å²) >= 11 is 0. The zero-order valence-corrected chi connectivity index (χ0v) is 9.65. The SMILES string of the molecule is CCOC(C)(CC)c1noc([C@H](C)O)n1. The zero-order valence-electron chi connectivity index (χ0n) is 9.65. The zero-order chi connectivity index (χ0) is 11.5. The minimum Gasteiger partial charge on any atom is -0.384 e. The van der Waals surface area contributed by atoms with Crippen molar-refractivity contribution in [3.05, 3.63) is 11.7 Å². The van der Waals surface area contributed by atoms with E-state index >= 15 is 0 Å². The van der Waals surface area contributed by atoms with Gasteiger partial charge < -0.3 is 14.4 Å². The van der Waals surface area contributed by atoms with Gasteiger partial charge in [-0.3, -0.25) is 0 Å². The average molecular weight is 214 g/mol. The first kappa shape index (κ1) is 12.1. The molecule has 1 N–H and O–H groups in total. The maximum absolute atomic E-state index is 9.27. The number of rotatable bonds is 5. The summed E-state index contributed by atoms with van der Waals surface area (Å²) in [7, 11) is 0. The van der Waals surface area contributed by atoms with Gasteiger partial charge in [0.1, 0.15) is 11.7 Å². The predicted molar refractivity (Wildman–Crippen MR) is 54.2 cm³/mol. The molecular weight excluding hydrogens is 196 g/mol. The third kappa shape index (κ3) is 2.54. The summed E-state index contributed by atoms with van der Waals surface area (Å²) < 4.78 is 10.5. The molecule has 1 unspecified atom stereocenters. The van der Waals surface area contributed by atoms with E-state index < -0.39 is 11.7 Å². The van der Waals surface area contributed by atoms with E-state index in [1.165, 1.54) is 0 Å². The average Bonchev–Trinajstić information content (AvgIpc) is 2.67. The van der Waals surface area contributed by atoms with Crippen LogP contribution >= 0.6 is 0 Å². The third-order valence-electron chi connectivity index (χ3n) is 2.41. The Morgan fingerprint density at radius 1 is 1.53 bits per heavy atom. The van der Waals surface area contributed by atoms with Gasteiger partial charge in [0.15, 0.2) is 0 Å². The van der Waals surface area contributed by atoms with Gasteiger partial charge >= 0.3 is 0 Å². The first-order valence-electron chi connectivity index (χ1n) is 5.19. The Morgan fingerprint density at radius 2 is 2.20 bits per heavy atom. The number of aliphatic hydroxyl groups is 1. The van der Waals surface area contributed by atoms with Crippen molar-refractivity contribution < 1.29 is 14.4 Å². The van der Waals surface area contributed by atoms with Crippen LogP contribution in [0, 0.1) is 0 Å². The minimum absolute atomic E-state index is 0.226. The smallest absolute Gasteiger partial charge is 0.255 e. The molecule has 0 bridgehead atoms. The summed E-state index contributed by atoms with van der Waals surface area (Å²) in [5.74, 6) is 0.715. The second-order valence-electron chi connectivity index (χ2n) is 3.65. The first-order valence-corrected chi connectivity index (χ1v) is 5.19. The highest BCUT2D eigenvalue weighted by molar-refractivity contribution is 4.99. The molecule has 0 aliphatic rings. The van der Waals surface area contributed by atoms with Crippen LogP contribution in [0.5, 0.6) is 0 Å². The van der Waals surface area contributed by atoms with Crippen LogP contribution < -0.4 is 0 Å². The Kier molecular flexibility index (Phi) is 3.82. The van der Waals surface area contributed by atoms with E-state index in [9.17, 15) is 5.11 Å². The van der Waals surface area contributed by atoms with Crippen molar-refractivity contribution in [1.29, 1.82) is 0 Å². The fraction of sp³-hybridized carbons (Fsp3) is 0.800. The lowest BCUT2D eigenvalue weighted by Gasteiger charge is -2.23. The number of nitrogens with zero attached hydrogens (tertiary/aromatic N) is 2. The molecule has 0 amide bonds. The fourth-order valence-electron chi connectivity index (χ4n) is 1.26. The molecule has 0 aromatic carbocycles. The summed E-state index contributed by atoms with van der Waals surface area (Å²) in [4.78, 5) is 4.12. The van der Waals surface area contributed by atoms with Gasteiger partial charge in [-0.25, -0.2) is 0 Å². The summed E-state index contributed by atoms with van der Waals surface area (Å²) in [5.41, 5.74) is -0.536. The molecular formula is C10H18N2O3. The molecule has 0 fully saturated rings. The van der Waals surface area contributed by atoms with Crippen LogP contribution in [0.4, 0.5) is 0 Å². The normalized spacial score (nSPS) is 17.4. The van der Waals surface area contributed by atoms with Crippen molar-refractivity contribution in [2.45, 2.75) is 45.8 Å². The first-order chi connectivity index (χ1) is 7.03. The van der Waals surface area contributed by atoms with E-state index in [0.717, 1.165) is 6.42 Å². The monoisotopic (exact) mass is 214 g/mol. The van der Waals surface area contributed by atoms with Crippen molar-refractivity contribution in [2.24, 2.45) is 0 Å². The van der Waals surface area contributed by atoms with Crippen LogP contribution in [0.1, 0.15) is 51.9 Å². The molecule has 1 aromatic heterocycles. The lowest BCUT2D eigenvalue weighted by atomic mass is 10.0. The van der Waals surface area contributed by atoms with Crippen LogP contribution in [0.3, 0.4) is 0 Å². The minimum atomic E-state index is -0.742. The van der Waals surface area contributed by atoms with Gasteiger partial charge in [0.05, 0.1) is 0 Å². The number of aromatic nitrogens is 2. The topological polar surface area (TPSA) is 68.4 Å². The number of ether oxygens (including phenoxy) is 1. The van der Waals surface area contributed by atoms with Crippen LogP contribution in [-0.4, -0.2) is 21.9 Å². The molecule has 0 saturated carbocycles. The lowest BCUT2D eigenvalue weighted by Crippen LogP contribution is -2.26. The van der Waals surface area contributed by atoms with E-state index in [1.807, 2.05) is 20.8 Å². The maximum atomic E-state index is 9.27. The lowest BCUT2D eigenvalue weighted by molar-refractivity contribution is -0.0403. The summed E-state index contributed by atoms with van der Waals surface area (Å²) in [6.07, 6.45) is 0.00794. The summed E-state index contributed by atoms with van der Waals surface area (Å²) in [5, 5.41) is 13.1. The van der Waals surface area contributed by atoms with Crippen molar-refractivity contribution in [3.8, 4) is 0 Å². The van der Waals surface area contributed by atoms with Gasteiger partial charge in [-0.05, 0) is 27.2 Å². The van der Waals surface area contributed by atoms with Crippen molar-refractivity contribution >= 4 is 0 Å². The summed E-state index contributed by atoms with van der Waals surface area (Å²) in [6, 6.07) is 0. The molecule has 1 heterocycles. The standard InChI is InChI=1S/C10H18N2O3/c1-5-10(4,14-6-2)9-11-8(7(3)13)15-12-9/h7,13H,5-6H2,1-4H3/t7-,10?/m0/s1. The Bertz CT molecular complexity index is 311. The van der Waals surface area contributed by atoms with Gasteiger partial charge in [-0.1, -0.05) is 12.1 Å². The van der Waals surface area contributed by atoms with Gasteiger partial charge in [-0.15, -0.1) is 0 Å². The second kappa shape index (κ2) is 4.72. The van der Waals surface area contributed by atoms with Crippen LogP contribution in [0.25, 0.3) is 0 Å². The number of hydrogen-bond donors (Lipinski definition) is 1. The van der Waals surface area contributed by atoms with Gasteiger partial charge in [0, 0.05) is 6.61 Å². The molecule has 2 atom stereocenters. The molecule has 5 nitrogen and oxygen atoms in total. The molecule has 0 saturated heterocycles. The van der Waals surface area contributed by atoms with Crippen LogP contribution in [0.2, 0.25) is 0 Å². The Hall–Kier alpha value is -0.940. The molecule has 0 spiro atoms. The predicted octanol–water partition coefficient (Wildman–Crippen LogP) is 1.78. The van der Waals surface area contributed by atoms with Gasteiger partial charge in [0.25, 0.3) is 5.89 Å². The highest BCUT2D eigenvalue weighted by atomic mass is 16.5. The number of hydrogen-bond acceptors (Lipinski definition) is 5. The summed E-state index contributed by atoms with van der Waals surface area (Å²) in [6.45, 7) is 8.00. The molecule has 0 aliphatic heterocycles. The molecule has 1 aromatic rings. The van der Waals surface area contributed by atoms with E-state index in [4.69, 9.17) is 9.26 Å². The quantitative estimate of drug-likeness (QED) is 0.809. The molecule has 0 radical (unpaired) electrons. The van der Waals surface area contributed by atoms with Crippen LogP contribution in [0.15, 0.2) is 4.52 Å². The Labute approximate surface area is 89.4 Å². The second-order valence-corrected chi connectivity index (χ2v) is 3.65. The highest BCUT2D eigenvalue weighted by Gasteiger charge is 2.31. The molecule has 1 rings (SSSR count). The van der Waals surface area contributed by atoms with Crippen molar-refractivity contribution in [2.75, 3.05) is 6.61 Å². The van der Waals surface area contributed by atoms with E-state index in [1.54, 1.807) is 6.92 Å². The Balaban J connectivity index is 2.92. The highest BCUT2D eigenvalue weighted by Crippen LogP contribution is 2.27. The van der Waals surface area contributed by atoms with E-state index in [2.05, 4.69) is 10.1 Å². The molecule has 5 heteroatoms. The molecule has 15 heavy (non-hydrogen) atoms. The van der Waals surface area contributed by atoms with Crippen LogP contribution in [-0.2, 0) is 10.3 Å². The van der Waals surface area contributed by atoms with E-state index in [-0.39, 0.29) is 5.89 Å². The van der Waals surface area contributed by atoms with E-state index in [0.29, 0.717) is 12.4 Å². The third-order valence-corrected chi connectivity index (χ3v) is 2.41. The maximum Gasteiger partial charge on any atom is 0.255 e. The number of aliphatic hydroxyl groups excluding tert-OH is 1. The van der Waals surface area contributed by atoms with Gasteiger partial charge in [0.2, 0.25) is 5.82 Å². The Morgan fingerprint density at radius 3 is 2.60 bits per heavy atom. The molecule has 86 valence electrons. The van der Waals surface area contributed by atoms with Gasteiger partial charge in [-0.2, -0.15) is 4.98 Å². The van der Waals surface area contributed by atoms with Crippen molar-refractivity contribution in [3.63, 3.8) is 0 Å². The largest absolute Gasteiger partial charge is 0.384 e. The van der Waals surface area contributed by atoms with Crippen molar-refractivity contribution in [1.82, 2.24) is 10.1 Å². The molecule has 0 aliphatic carbocycles.